The summed E-state index contributed by atoms with van der Waals surface area (Å²) in [5.41, 5.74) is 3.12. The zero-order valence-corrected chi connectivity index (χ0v) is 16.9. The number of carbonyl (C=O) groups excluding carboxylic acids is 1. The van der Waals surface area contributed by atoms with Crippen LogP contribution in [-0.2, 0) is 4.79 Å². The van der Waals surface area contributed by atoms with E-state index < -0.39 is 0 Å². The number of rotatable bonds is 2. The van der Waals surface area contributed by atoms with E-state index in [1.165, 1.54) is 17.3 Å². The van der Waals surface area contributed by atoms with Crippen molar-refractivity contribution in [3.63, 3.8) is 0 Å². The summed E-state index contributed by atoms with van der Waals surface area (Å²) in [7, 11) is 0. The van der Waals surface area contributed by atoms with Crippen LogP contribution in [0.4, 0.5) is 5.69 Å². The van der Waals surface area contributed by atoms with Crippen molar-refractivity contribution in [2.24, 2.45) is 4.99 Å². The average Bonchev–Trinajstić information content (AvgIpc) is 2.97. The van der Waals surface area contributed by atoms with Gasteiger partial charge in [-0.25, -0.2) is 4.99 Å². The molecule has 4 nitrogen and oxygen atoms in total. The van der Waals surface area contributed by atoms with Crippen LogP contribution in [0.3, 0.4) is 0 Å². The minimum atomic E-state index is -0.166. The Morgan fingerprint density at radius 3 is 2.78 bits per heavy atom. The molecule has 2 heterocycles. The van der Waals surface area contributed by atoms with Crippen LogP contribution in [0, 0.1) is 17.6 Å². The molecule has 1 amide bonds. The molecule has 1 saturated heterocycles. The van der Waals surface area contributed by atoms with E-state index in [4.69, 9.17) is 4.42 Å². The highest BCUT2D eigenvalue weighted by Gasteiger charge is 2.24. The van der Waals surface area contributed by atoms with Crippen molar-refractivity contribution in [2.45, 2.75) is 13.8 Å². The van der Waals surface area contributed by atoms with Crippen molar-refractivity contribution in [1.29, 1.82) is 0 Å². The van der Waals surface area contributed by atoms with Gasteiger partial charge in [0.15, 0.2) is 8.93 Å². The summed E-state index contributed by atoms with van der Waals surface area (Å²) in [6, 6.07) is 7.87. The van der Waals surface area contributed by atoms with E-state index in [0.29, 0.717) is 15.8 Å². The van der Waals surface area contributed by atoms with E-state index in [0.717, 1.165) is 19.5 Å². The molecule has 0 bridgehead atoms. The molecule has 0 radical (unpaired) electrons. The van der Waals surface area contributed by atoms with Gasteiger partial charge in [-0.3, -0.25) is 4.79 Å². The third kappa shape index (κ3) is 3.89. The molecule has 23 heavy (non-hydrogen) atoms. The van der Waals surface area contributed by atoms with Crippen LogP contribution in [0.1, 0.15) is 16.9 Å². The molecule has 1 aromatic carbocycles. The van der Waals surface area contributed by atoms with Crippen molar-refractivity contribution >= 4 is 73.1 Å². The standard InChI is InChI=1S/C16H12BrIN2O2S/c1-8-3-4-12(9(2)5-8)19-16-20-15(21)13(23-16)7-10-6-11(17)14(18)22-10/h3-7H,1-2H3,(H,19,20,21)/b13-7-. The maximum atomic E-state index is 12.1. The first kappa shape index (κ1) is 16.8. The minimum absolute atomic E-state index is 0.166. The van der Waals surface area contributed by atoms with Crippen molar-refractivity contribution in [1.82, 2.24) is 5.32 Å². The maximum Gasteiger partial charge on any atom is 0.264 e. The van der Waals surface area contributed by atoms with Crippen molar-refractivity contribution in [3.8, 4) is 0 Å². The van der Waals surface area contributed by atoms with Gasteiger partial charge in [0.25, 0.3) is 5.91 Å². The van der Waals surface area contributed by atoms with E-state index in [1.54, 1.807) is 6.08 Å². The number of nitrogens with one attached hydrogen (secondary N) is 1. The molecule has 1 aliphatic rings. The van der Waals surface area contributed by atoms with Gasteiger partial charge in [0.05, 0.1) is 15.1 Å². The lowest BCUT2D eigenvalue weighted by Crippen LogP contribution is -2.19. The van der Waals surface area contributed by atoms with Crippen LogP contribution in [0.5, 0.6) is 0 Å². The number of furan rings is 1. The number of amides is 1. The van der Waals surface area contributed by atoms with Gasteiger partial charge in [-0.2, -0.15) is 0 Å². The summed E-state index contributed by atoms with van der Waals surface area (Å²) < 4.78 is 7.17. The molecular formula is C16H12BrIN2O2S. The number of hydrogen-bond acceptors (Lipinski definition) is 4. The highest BCUT2D eigenvalue weighted by molar-refractivity contribution is 14.1. The van der Waals surface area contributed by atoms with E-state index >= 15 is 0 Å². The molecule has 1 N–H and O–H groups in total. The molecule has 118 valence electrons. The SMILES string of the molecule is Cc1ccc(N=C2NC(=O)/C(=C/c3cc(Br)c(I)o3)S2)c(C)c1. The second-order valence-electron chi connectivity index (χ2n) is 5.04. The highest BCUT2D eigenvalue weighted by atomic mass is 127. The fourth-order valence-electron chi connectivity index (χ4n) is 2.08. The zero-order chi connectivity index (χ0) is 16.6. The van der Waals surface area contributed by atoms with Crippen LogP contribution >= 0.6 is 50.3 Å². The summed E-state index contributed by atoms with van der Waals surface area (Å²) in [6.45, 7) is 4.05. The topological polar surface area (TPSA) is 54.6 Å². The van der Waals surface area contributed by atoms with Gasteiger partial charge in [-0.1, -0.05) is 17.7 Å². The Kier molecular flexibility index (Phi) is 4.98. The van der Waals surface area contributed by atoms with Crippen LogP contribution in [0.15, 0.2) is 43.1 Å². The molecule has 0 saturated carbocycles. The Balaban J connectivity index is 1.85. The number of hydrogen-bond donors (Lipinski definition) is 1. The number of halogens is 2. The lowest BCUT2D eigenvalue weighted by molar-refractivity contribution is -0.115. The smallest absolute Gasteiger partial charge is 0.264 e. The van der Waals surface area contributed by atoms with Crippen LogP contribution < -0.4 is 5.32 Å². The Hall–Kier alpha value is -1.06. The van der Waals surface area contributed by atoms with Gasteiger partial charge >= 0.3 is 0 Å². The summed E-state index contributed by atoms with van der Waals surface area (Å²) in [5.74, 6) is 0.465. The quantitative estimate of drug-likeness (QED) is 0.456. The molecule has 0 spiro atoms. The molecule has 7 heteroatoms. The lowest BCUT2D eigenvalue weighted by atomic mass is 10.1. The predicted molar refractivity (Wildman–Crippen MR) is 106 cm³/mol. The van der Waals surface area contributed by atoms with Crippen molar-refractivity contribution in [2.75, 3.05) is 0 Å². The number of benzene rings is 1. The molecule has 0 unspecified atom stereocenters. The van der Waals surface area contributed by atoms with E-state index in [2.05, 4.69) is 54.9 Å². The fourth-order valence-corrected chi connectivity index (χ4v) is 3.62. The van der Waals surface area contributed by atoms with E-state index in [-0.39, 0.29) is 5.91 Å². The summed E-state index contributed by atoms with van der Waals surface area (Å²) in [5, 5.41) is 3.36. The van der Waals surface area contributed by atoms with Crippen LogP contribution in [0.2, 0.25) is 0 Å². The third-order valence-corrected chi connectivity index (χ3v) is 6.20. The number of nitrogens with zero attached hydrogens (tertiary/aromatic N) is 1. The first-order valence-corrected chi connectivity index (χ1v) is 9.43. The van der Waals surface area contributed by atoms with Crippen LogP contribution in [-0.4, -0.2) is 11.1 Å². The van der Waals surface area contributed by atoms with Crippen molar-refractivity contribution in [3.05, 3.63) is 54.3 Å². The first-order chi connectivity index (χ1) is 10.9. The summed E-state index contributed by atoms with van der Waals surface area (Å²) in [6.07, 6.45) is 1.72. The van der Waals surface area contributed by atoms with Gasteiger partial charge in [-0.05, 0) is 59.2 Å². The molecule has 0 aliphatic carbocycles. The van der Waals surface area contributed by atoms with Gasteiger partial charge in [0, 0.05) is 28.7 Å². The Labute approximate surface area is 160 Å². The zero-order valence-electron chi connectivity index (χ0n) is 12.3. The van der Waals surface area contributed by atoms with Crippen LogP contribution in [0.25, 0.3) is 6.08 Å². The Morgan fingerprint density at radius 1 is 1.35 bits per heavy atom. The number of amidine groups is 1. The Morgan fingerprint density at radius 2 is 2.13 bits per heavy atom. The molecule has 1 aliphatic heterocycles. The minimum Gasteiger partial charge on any atom is -0.450 e. The highest BCUT2D eigenvalue weighted by Crippen LogP contribution is 2.31. The normalized spacial score (nSPS) is 18.0. The largest absolute Gasteiger partial charge is 0.450 e. The van der Waals surface area contributed by atoms with Crippen molar-refractivity contribution < 1.29 is 9.21 Å². The number of aryl methyl sites for hydroxylation is 2. The summed E-state index contributed by atoms with van der Waals surface area (Å²) >= 11 is 6.79. The van der Waals surface area contributed by atoms with Gasteiger partial charge in [0.2, 0.25) is 0 Å². The number of carbonyl (C=O) groups is 1. The molecular weight excluding hydrogens is 491 g/mol. The Bertz CT molecular complexity index is 838. The molecule has 1 fully saturated rings. The van der Waals surface area contributed by atoms with Gasteiger partial charge < -0.3 is 9.73 Å². The molecule has 1 aromatic heterocycles. The maximum absolute atomic E-state index is 12.1. The molecule has 3 rings (SSSR count). The average molecular weight is 503 g/mol. The monoisotopic (exact) mass is 502 g/mol. The molecule has 2 aromatic rings. The number of thioether (sulfide) groups is 1. The number of aliphatic imine (C=N–C) groups is 1. The lowest BCUT2D eigenvalue weighted by Gasteiger charge is -2.02. The second kappa shape index (κ2) is 6.82. The predicted octanol–water partition coefficient (Wildman–Crippen LogP) is 5.16. The van der Waals surface area contributed by atoms with Gasteiger partial charge in [0.1, 0.15) is 5.76 Å². The third-order valence-electron chi connectivity index (χ3n) is 3.16. The van der Waals surface area contributed by atoms with Gasteiger partial charge in [-0.15, -0.1) is 0 Å². The fraction of sp³-hybridized carbons (Fsp3) is 0.125. The summed E-state index contributed by atoms with van der Waals surface area (Å²) in [4.78, 5) is 17.2. The molecule has 0 atom stereocenters. The second-order valence-corrected chi connectivity index (χ2v) is 7.91. The van der Waals surface area contributed by atoms with E-state index in [1.807, 2.05) is 32.0 Å². The van der Waals surface area contributed by atoms with E-state index in [9.17, 15) is 4.79 Å². The first-order valence-electron chi connectivity index (χ1n) is 6.74.